The number of nitro benzene ring substituents is 1. The van der Waals surface area contributed by atoms with Gasteiger partial charge in [-0.05, 0) is 11.6 Å². The fourth-order valence-electron chi connectivity index (χ4n) is 4.13. The quantitative estimate of drug-likeness (QED) is 0.399. The Morgan fingerprint density at radius 3 is 2.59 bits per heavy atom. The minimum atomic E-state index is -4.09. The molecule has 0 saturated carbocycles. The van der Waals surface area contributed by atoms with Crippen LogP contribution in [0.25, 0.3) is 0 Å². The van der Waals surface area contributed by atoms with E-state index in [0.717, 1.165) is 5.56 Å². The number of sulfonamides is 1. The Morgan fingerprint density at radius 1 is 1.10 bits per heavy atom. The van der Waals surface area contributed by atoms with Gasteiger partial charge in [0.15, 0.2) is 11.2 Å². The molecule has 10 heteroatoms. The third kappa shape index (κ3) is 3.04. The highest BCUT2D eigenvalue weighted by molar-refractivity contribution is 7.89. The lowest BCUT2D eigenvalue weighted by Gasteiger charge is -2.25. The molecule has 0 radical (unpaired) electrons. The second kappa shape index (κ2) is 6.85. The summed E-state index contributed by atoms with van der Waals surface area (Å²) < 4.78 is 45.2. The Labute approximate surface area is 167 Å². The molecule has 0 aliphatic carbocycles. The number of benzene rings is 2. The third-order valence-electron chi connectivity index (χ3n) is 5.47. The second-order valence-electron chi connectivity index (χ2n) is 7.18. The number of para-hydroxylation sites is 1. The molecule has 0 amide bonds. The van der Waals surface area contributed by atoms with Gasteiger partial charge in [0.2, 0.25) is 0 Å². The van der Waals surface area contributed by atoms with Crippen LogP contribution >= 0.6 is 0 Å². The summed E-state index contributed by atoms with van der Waals surface area (Å²) >= 11 is 0. The van der Waals surface area contributed by atoms with Crippen molar-refractivity contribution >= 4 is 15.7 Å². The van der Waals surface area contributed by atoms with Crippen LogP contribution in [0.3, 0.4) is 0 Å². The maximum absolute atomic E-state index is 13.3. The molecular weight excluding hydrogens is 400 g/mol. The van der Waals surface area contributed by atoms with E-state index in [-0.39, 0.29) is 18.1 Å². The zero-order valence-corrected chi connectivity index (χ0v) is 16.0. The number of hydrogen-bond donors (Lipinski definition) is 0. The average molecular weight is 418 g/mol. The molecule has 0 spiro atoms. The smallest absolute Gasteiger partial charge is 0.289 e. The molecule has 2 aromatic carbocycles. The van der Waals surface area contributed by atoms with Crippen LogP contribution in [0.15, 0.2) is 59.5 Å². The highest BCUT2D eigenvalue weighted by Crippen LogP contribution is 2.50. The zero-order valence-electron chi connectivity index (χ0n) is 15.2. The molecular formula is C19H18N2O7S. The molecule has 3 aliphatic rings. The highest BCUT2D eigenvalue weighted by atomic mass is 32.2. The van der Waals surface area contributed by atoms with Crippen LogP contribution in [0, 0.1) is 10.1 Å². The first-order valence-corrected chi connectivity index (χ1v) is 10.6. The first-order chi connectivity index (χ1) is 14.0. The highest BCUT2D eigenvalue weighted by Gasteiger charge is 2.70. The summed E-state index contributed by atoms with van der Waals surface area (Å²) in [6, 6.07) is 13.9. The minimum Gasteiger partial charge on any atom is -0.366 e. The van der Waals surface area contributed by atoms with Crippen molar-refractivity contribution in [2.45, 2.75) is 42.1 Å². The first kappa shape index (κ1) is 18.6. The van der Waals surface area contributed by atoms with Crippen LogP contribution in [-0.4, -0.2) is 54.8 Å². The van der Waals surface area contributed by atoms with E-state index in [2.05, 4.69) is 0 Å². The molecule has 5 rings (SSSR count). The van der Waals surface area contributed by atoms with Crippen molar-refractivity contribution in [1.29, 1.82) is 0 Å². The average Bonchev–Trinajstić information content (AvgIpc) is 3.35. The molecule has 3 heterocycles. The van der Waals surface area contributed by atoms with Crippen molar-refractivity contribution < 1.29 is 27.6 Å². The first-order valence-electron chi connectivity index (χ1n) is 9.18. The van der Waals surface area contributed by atoms with E-state index in [4.69, 9.17) is 14.2 Å². The summed E-state index contributed by atoms with van der Waals surface area (Å²) in [6.07, 6.45) is -1.67. The summed E-state index contributed by atoms with van der Waals surface area (Å²) in [5, 5.41) is 11.3. The van der Waals surface area contributed by atoms with Crippen molar-refractivity contribution in [3.63, 3.8) is 0 Å². The molecule has 0 N–H and O–H groups in total. The van der Waals surface area contributed by atoms with Gasteiger partial charge in [0, 0.05) is 6.07 Å². The summed E-state index contributed by atoms with van der Waals surface area (Å²) in [7, 11) is -4.09. The molecule has 0 aromatic heterocycles. The van der Waals surface area contributed by atoms with Crippen LogP contribution in [0.1, 0.15) is 5.56 Å². The van der Waals surface area contributed by atoms with Crippen LogP contribution in [-0.2, 0) is 30.8 Å². The van der Waals surface area contributed by atoms with Gasteiger partial charge in [-0.3, -0.25) is 10.1 Å². The largest absolute Gasteiger partial charge is 0.366 e. The standard InChI is InChI=1S/C19H18N2O7S/c22-21(23)13-8-4-5-9-15(13)29(24,25)20-16-14-11-27-19(28-14)18(17(16)20)26-10-12-6-2-1-3-7-12/h1-9,14,16-19H,10-11H2/t14-,16+,17+,18-,19-,20?/m1/s1. The van der Waals surface area contributed by atoms with Gasteiger partial charge in [-0.15, -0.1) is 0 Å². The normalized spacial score (nSPS) is 32.6. The summed E-state index contributed by atoms with van der Waals surface area (Å²) in [4.78, 5) is 10.3. The van der Waals surface area contributed by atoms with E-state index in [1.165, 1.54) is 28.6 Å². The van der Waals surface area contributed by atoms with Gasteiger partial charge in [-0.2, -0.15) is 4.31 Å². The van der Waals surface area contributed by atoms with Crippen molar-refractivity contribution in [2.24, 2.45) is 0 Å². The number of fused-ring (bicyclic) bond motifs is 4. The van der Waals surface area contributed by atoms with Crippen molar-refractivity contribution in [3.05, 3.63) is 70.3 Å². The van der Waals surface area contributed by atoms with Gasteiger partial charge in [0.05, 0.1) is 30.2 Å². The van der Waals surface area contributed by atoms with E-state index in [1.54, 1.807) is 0 Å². The molecule has 3 saturated heterocycles. The lowest BCUT2D eigenvalue weighted by Crippen LogP contribution is -2.41. The number of rotatable bonds is 6. The van der Waals surface area contributed by atoms with Gasteiger partial charge < -0.3 is 14.2 Å². The zero-order chi connectivity index (χ0) is 20.2. The van der Waals surface area contributed by atoms with Crippen molar-refractivity contribution in [3.8, 4) is 0 Å². The number of nitro groups is 1. The lowest BCUT2D eigenvalue weighted by atomic mass is 10.1. The van der Waals surface area contributed by atoms with Crippen molar-refractivity contribution in [2.75, 3.05) is 6.61 Å². The van der Waals surface area contributed by atoms with Gasteiger partial charge >= 0.3 is 0 Å². The fraction of sp³-hybridized carbons (Fsp3) is 0.368. The molecule has 3 fully saturated rings. The van der Waals surface area contributed by atoms with E-state index in [0.29, 0.717) is 0 Å². The second-order valence-corrected chi connectivity index (χ2v) is 8.99. The van der Waals surface area contributed by atoms with Crippen LogP contribution in [0.4, 0.5) is 5.69 Å². The monoisotopic (exact) mass is 418 g/mol. The number of nitrogens with zero attached hydrogens (tertiary/aromatic N) is 2. The van der Waals surface area contributed by atoms with Gasteiger partial charge in [-0.25, -0.2) is 8.42 Å². The van der Waals surface area contributed by atoms with Gasteiger partial charge in [0.25, 0.3) is 15.7 Å². The summed E-state index contributed by atoms with van der Waals surface area (Å²) in [5.41, 5.74) is 0.498. The van der Waals surface area contributed by atoms with Gasteiger partial charge in [-0.1, -0.05) is 42.5 Å². The summed E-state index contributed by atoms with van der Waals surface area (Å²) in [6.45, 7) is 0.544. The number of ether oxygens (including phenoxy) is 3. The Balaban J connectivity index is 1.43. The fourth-order valence-corrected chi connectivity index (χ4v) is 6.10. The minimum absolute atomic E-state index is 0.264. The topological polar surface area (TPSA) is 108 Å². The molecule has 29 heavy (non-hydrogen) atoms. The maximum Gasteiger partial charge on any atom is 0.289 e. The van der Waals surface area contributed by atoms with Crippen LogP contribution < -0.4 is 0 Å². The van der Waals surface area contributed by atoms with E-state index >= 15 is 0 Å². The Hall–Kier alpha value is -2.37. The third-order valence-corrected chi connectivity index (χ3v) is 7.41. The van der Waals surface area contributed by atoms with Crippen LogP contribution in [0.2, 0.25) is 0 Å². The predicted molar refractivity (Wildman–Crippen MR) is 99.3 cm³/mol. The molecule has 2 bridgehead atoms. The van der Waals surface area contributed by atoms with Gasteiger partial charge in [0.1, 0.15) is 12.2 Å². The number of hydrogen-bond acceptors (Lipinski definition) is 7. The predicted octanol–water partition coefficient (Wildman–Crippen LogP) is 1.68. The van der Waals surface area contributed by atoms with E-state index < -0.39 is 51.2 Å². The lowest BCUT2D eigenvalue weighted by molar-refractivity contribution is -0.387. The molecule has 152 valence electrons. The Bertz CT molecular complexity index is 1050. The Kier molecular flexibility index (Phi) is 4.41. The Morgan fingerprint density at radius 2 is 1.83 bits per heavy atom. The van der Waals surface area contributed by atoms with E-state index in [9.17, 15) is 18.5 Å². The molecule has 2 aromatic rings. The van der Waals surface area contributed by atoms with Crippen molar-refractivity contribution in [1.82, 2.24) is 4.31 Å². The molecule has 9 nitrogen and oxygen atoms in total. The summed E-state index contributed by atoms with van der Waals surface area (Å²) in [5.74, 6) is 0. The van der Waals surface area contributed by atoms with Crippen LogP contribution in [0.5, 0.6) is 0 Å². The molecule has 1 unspecified atom stereocenters. The SMILES string of the molecule is O=[N+]([O-])c1ccccc1S(=O)(=O)N1[C@@H]2[C@@H](OCc3ccccc3)[C@@H]3OC[C@@H](O3)[C@@H]21. The molecule has 6 atom stereocenters. The van der Waals surface area contributed by atoms with E-state index in [1.807, 2.05) is 30.3 Å². The molecule has 3 aliphatic heterocycles. The maximum atomic E-state index is 13.3.